The number of methoxy groups -OCH3 is 1. The molecule has 1 heterocycles. The third kappa shape index (κ3) is 6.33. The first-order valence-electron chi connectivity index (χ1n) is 13.1. The van der Waals surface area contributed by atoms with Gasteiger partial charge < -0.3 is 14.4 Å². The highest BCUT2D eigenvalue weighted by Gasteiger charge is 2.23. The van der Waals surface area contributed by atoms with Crippen molar-refractivity contribution < 1.29 is 18.8 Å². The van der Waals surface area contributed by atoms with E-state index in [9.17, 15) is 4.79 Å². The van der Waals surface area contributed by atoms with Crippen LogP contribution in [0.1, 0.15) is 79.1 Å². The molecule has 1 atom stereocenters. The van der Waals surface area contributed by atoms with Crippen LogP contribution < -0.4 is 14.2 Å². The smallest absolute Gasteiger partial charge is 0.343 e. The largest absolute Gasteiger partial charge is 0.423 e. The molecule has 5 heteroatoms. The quantitative estimate of drug-likeness (QED) is 0.196. The summed E-state index contributed by atoms with van der Waals surface area (Å²) < 4.78 is 13.4. The molecule has 1 aromatic heterocycles. The van der Waals surface area contributed by atoms with Crippen LogP contribution in [0.25, 0.3) is 0 Å². The molecule has 1 unspecified atom stereocenters. The number of carbonyl (C=O) groups is 1. The van der Waals surface area contributed by atoms with Crippen molar-refractivity contribution in [1.82, 2.24) is 0 Å². The summed E-state index contributed by atoms with van der Waals surface area (Å²) in [6, 6.07) is 19.6. The van der Waals surface area contributed by atoms with Crippen LogP contribution in [0.5, 0.6) is 5.75 Å². The Morgan fingerprint density at radius 3 is 2.14 bits per heavy atom. The maximum atomic E-state index is 12.8. The van der Waals surface area contributed by atoms with E-state index in [1.165, 1.54) is 44.1 Å². The summed E-state index contributed by atoms with van der Waals surface area (Å²) in [7, 11) is 5.71. The van der Waals surface area contributed by atoms with E-state index in [0.717, 1.165) is 17.2 Å². The van der Waals surface area contributed by atoms with E-state index in [1.54, 1.807) is 19.2 Å². The molecule has 1 aliphatic rings. The predicted octanol–water partition coefficient (Wildman–Crippen LogP) is 6.53. The van der Waals surface area contributed by atoms with Gasteiger partial charge in [0.05, 0.1) is 5.56 Å². The van der Waals surface area contributed by atoms with Gasteiger partial charge in [-0.3, -0.25) is 0 Å². The fraction of sp³-hybridized carbons (Fsp3) is 0.419. The number of pyridine rings is 1. The minimum absolute atomic E-state index is 0.282. The lowest BCUT2D eigenvalue weighted by Crippen LogP contribution is -2.40. The number of ether oxygens (including phenoxy) is 2. The summed E-state index contributed by atoms with van der Waals surface area (Å²) in [5.74, 6) is 1.76. The van der Waals surface area contributed by atoms with Gasteiger partial charge in [0, 0.05) is 44.6 Å². The normalized spacial score (nSPS) is 18.4. The van der Waals surface area contributed by atoms with Crippen LogP contribution >= 0.6 is 0 Å². The van der Waals surface area contributed by atoms with E-state index in [2.05, 4.69) is 24.0 Å². The molecule has 1 aliphatic carbocycles. The second-order valence-corrected chi connectivity index (χ2v) is 10.1. The zero-order chi connectivity index (χ0) is 25.5. The first kappa shape index (κ1) is 25.9. The van der Waals surface area contributed by atoms with E-state index in [-0.39, 0.29) is 12.2 Å². The van der Waals surface area contributed by atoms with E-state index in [4.69, 9.17) is 9.47 Å². The molecule has 0 N–H and O–H groups in total. The number of nitrogens with zero attached hydrogens (tertiary/aromatic N) is 2. The zero-order valence-electron chi connectivity index (χ0n) is 22.0. The topological polar surface area (TPSA) is 42.7 Å². The van der Waals surface area contributed by atoms with Gasteiger partial charge in [-0.25, -0.2) is 4.79 Å². The third-order valence-corrected chi connectivity index (χ3v) is 7.38. The number of hydrogen-bond donors (Lipinski definition) is 0. The molecule has 3 aromatic rings. The van der Waals surface area contributed by atoms with Gasteiger partial charge in [0.15, 0.2) is 12.4 Å². The average Bonchev–Trinajstić information content (AvgIpc) is 2.91. The van der Waals surface area contributed by atoms with Crippen molar-refractivity contribution in [3.8, 4) is 5.75 Å². The van der Waals surface area contributed by atoms with Crippen molar-refractivity contribution >= 4 is 11.7 Å². The highest BCUT2D eigenvalue weighted by molar-refractivity contribution is 5.91. The third-order valence-electron chi connectivity index (χ3n) is 7.38. The van der Waals surface area contributed by atoms with Gasteiger partial charge in [-0.2, -0.15) is 4.57 Å². The molecule has 0 amide bonds. The summed E-state index contributed by atoms with van der Waals surface area (Å²) >= 11 is 0. The Balaban J connectivity index is 1.36. The fourth-order valence-corrected chi connectivity index (χ4v) is 5.27. The summed E-state index contributed by atoms with van der Waals surface area (Å²) in [6.07, 6.45) is 11.5. The molecule has 5 nitrogen and oxygen atoms in total. The van der Waals surface area contributed by atoms with Crippen molar-refractivity contribution in [3.63, 3.8) is 0 Å². The fourth-order valence-electron chi connectivity index (χ4n) is 5.27. The highest BCUT2D eigenvalue weighted by Crippen LogP contribution is 2.37. The zero-order valence-corrected chi connectivity index (χ0v) is 22.0. The summed E-state index contributed by atoms with van der Waals surface area (Å²) in [4.78, 5) is 14.8. The number of anilines is 1. The van der Waals surface area contributed by atoms with Crippen molar-refractivity contribution in [1.29, 1.82) is 0 Å². The lowest BCUT2D eigenvalue weighted by molar-refractivity contribution is -0.750. The number of hydrogen-bond acceptors (Lipinski definition) is 4. The van der Waals surface area contributed by atoms with Crippen LogP contribution in [0.3, 0.4) is 0 Å². The van der Waals surface area contributed by atoms with Crippen molar-refractivity contribution in [2.24, 2.45) is 5.92 Å². The Morgan fingerprint density at radius 2 is 1.58 bits per heavy atom. The first-order valence-corrected chi connectivity index (χ1v) is 13.1. The molecule has 4 rings (SSSR count). The average molecular weight is 488 g/mol. The second-order valence-electron chi connectivity index (χ2n) is 10.1. The molecular formula is C31H39N2O3+. The van der Waals surface area contributed by atoms with Gasteiger partial charge in [0.25, 0.3) is 6.23 Å². The molecule has 0 spiro atoms. The Bertz CT molecular complexity index is 1100. The molecule has 0 bridgehead atoms. The van der Waals surface area contributed by atoms with Crippen LogP contribution in [-0.2, 0) is 4.74 Å². The van der Waals surface area contributed by atoms with Gasteiger partial charge in [-0.1, -0.05) is 31.9 Å². The number of benzene rings is 2. The minimum Gasteiger partial charge on any atom is -0.423 e. The van der Waals surface area contributed by atoms with Crippen LogP contribution in [-0.4, -0.2) is 27.2 Å². The lowest BCUT2D eigenvalue weighted by atomic mass is 9.77. The first-order chi connectivity index (χ1) is 17.5. The van der Waals surface area contributed by atoms with E-state index in [0.29, 0.717) is 17.2 Å². The van der Waals surface area contributed by atoms with Gasteiger partial charge in [-0.15, -0.1) is 0 Å². The Labute approximate surface area is 215 Å². The van der Waals surface area contributed by atoms with Gasteiger partial charge in [-0.05, 0) is 79.5 Å². The molecule has 1 fully saturated rings. The van der Waals surface area contributed by atoms with Crippen LogP contribution in [0.4, 0.5) is 5.69 Å². The highest BCUT2D eigenvalue weighted by atomic mass is 16.5. The van der Waals surface area contributed by atoms with Gasteiger partial charge in [0.1, 0.15) is 5.75 Å². The number of rotatable bonds is 9. The summed E-state index contributed by atoms with van der Waals surface area (Å²) in [6.45, 7) is 2.28. The Kier molecular flexibility index (Phi) is 8.76. The summed E-state index contributed by atoms with van der Waals surface area (Å²) in [5, 5.41) is 0. The minimum atomic E-state index is -0.355. The molecule has 2 aromatic carbocycles. The molecule has 0 saturated heterocycles. The Morgan fingerprint density at radius 1 is 0.944 bits per heavy atom. The van der Waals surface area contributed by atoms with Gasteiger partial charge in [0.2, 0.25) is 0 Å². The number of aromatic nitrogens is 1. The number of esters is 1. The molecule has 1 saturated carbocycles. The predicted molar refractivity (Wildman–Crippen MR) is 144 cm³/mol. The van der Waals surface area contributed by atoms with E-state index < -0.39 is 0 Å². The molecule has 190 valence electrons. The van der Waals surface area contributed by atoms with Gasteiger partial charge >= 0.3 is 5.97 Å². The van der Waals surface area contributed by atoms with E-state index in [1.807, 2.05) is 67.5 Å². The van der Waals surface area contributed by atoms with Crippen LogP contribution in [0.15, 0.2) is 73.1 Å². The van der Waals surface area contributed by atoms with Crippen molar-refractivity contribution in [2.45, 2.75) is 57.6 Å². The Hall–Kier alpha value is -3.18. The monoisotopic (exact) mass is 487 g/mol. The maximum Gasteiger partial charge on any atom is 0.343 e. The summed E-state index contributed by atoms with van der Waals surface area (Å²) in [5.41, 5.74) is 3.94. The van der Waals surface area contributed by atoms with Crippen molar-refractivity contribution in [3.05, 3.63) is 89.7 Å². The van der Waals surface area contributed by atoms with Crippen molar-refractivity contribution in [2.75, 3.05) is 26.1 Å². The van der Waals surface area contributed by atoms with E-state index >= 15 is 0 Å². The molecule has 0 radical (unpaired) electrons. The maximum absolute atomic E-state index is 12.8. The SMILES string of the molecule is CCCC1CCC(c2ccc(OC(=O)c3ccc(C(OC)[n+]4ccc(N(C)C)cc4)cc3)cc2)CC1. The van der Waals surface area contributed by atoms with Crippen LogP contribution in [0, 0.1) is 5.92 Å². The lowest BCUT2D eigenvalue weighted by Gasteiger charge is -2.28. The number of carbonyl (C=O) groups excluding carboxylic acids is 1. The molecule has 0 aliphatic heterocycles. The molecule has 36 heavy (non-hydrogen) atoms. The standard InChI is InChI=1S/C31H39N2O3/c1-5-6-23-7-9-24(10-8-23)25-15-17-29(18-16-25)36-31(34)27-13-11-26(12-14-27)30(35-4)33-21-19-28(20-22-33)32(2)3/h11-24,30H,5-10H2,1-4H3/q+1. The van der Waals surface area contributed by atoms with Crippen LogP contribution in [0.2, 0.25) is 0 Å². The molecular weight excluding hydrogens is 448 g/mol. The second kappa shape index (κ2) is 12.2.